The summed E-state index contributed by atoms with van der Waals surface area (Å²) in [5.41, 5.74) is 0.514. The molecule has 1 saturated heterocycles. The fourth-order valence-corrected chi connectivity index (χ4v) is 4.06. The van der Waals surface area contributed by atoms with E-state index in [0.29, 0.717) is 30.5 Å². The topological polar surface area (TPSA) is 59.2 Å². The molecule has 2 aliphatic rings. The highest BCUT2D eigenvalue weighted by atomic mass is 19.1. The molecule has 1 amide bonds. The average Bonchev–Trinajstić information content (AvgIpc) is 3.19. The molecule has 1 atom stereocenters. The van der Waals surface area contributed by atoms with E-state index < -0.39 is 0 Å². The molecule has 138 valence electrons. The van der Waals surface area contributed by atoms with Crippen molar-refractivity contribution in [2.45, 2.75) is 56.8 Å². The van der Waals surface area contributed by atoms with Crippen LogP contribution in [0.15, 0.2) is 28.7 Å². The lowest BCUT2D eigenvalue weighted by molar-refractivity contribution is 0.0697. The molecule has 1 aromatic carbocycles. The summed E-state index contributed by atoms with van der Waals surface area (Å²) < 4.78 is 19.1. The third-order valence-electron chi connectivity index (χ3n) is 5.56. The number of carbonyl (C=O) groups is 1. The smallest absolute Gasteiger partial charge is 0.253 e. The number of hydrogen-bond acceptors (Lipinski definition) is 4. The van der Waals surface area contributed by atoms with Crippen molar-refractivity contribution in [3.05, 3.63) is 47.4 Å². The number of benzene rings is 1. The second-order valence-corrected chi connectivity index (χ2v) is 7.41. The first kappa shape index (κ1) is 17.2. The van der Waals surface area contributed by atoms with Crippen LogP contribution in [0.3, 0.4) is 0 Å². The lowest BCUT2D eigenvalue weighted by Crippen LogP contribution is -2.39. The monoisotopic (exact) mass is 357 g/mol. The van der Waals surface area contributed by atoms with Crippen molar-refractivity contribution in [3.8, 4) is 0 Å². The maximum absolute atomic E-state index is 13.1. The number of amides is 1. The van der Waals surface area contributed by atoms with Gasteiger partial charge in [-0.25, -0.2) is 4.39 Å². The van der Waals surface area contributed by atoms with E-state index in [9.17, 15) is 9.18 Å². The Morgan fingerprint density at radius 2 is 1.62 bits per heavy atom. The van der Waals surface area contributed by atoms with Crippen LogP contribution in [0.1, 0.15) is 78.9 Å². The van der Waals surface area contributed by atoms with E-state index in [0.717, 1.165) is 31.6 Å². The predicted molar refractivity (Wildman–Crippen MR) is 94.4 cm³/mol. The van der Waals surface area contributed by atoms with Crippen LogP contribution in [0.5, 0.6) is 0 Å². The van der Waals surface area contributed by atoms with Gasteiger partial charge in [0, 0.05) is 24.6 Å². The SMILES string of the molecule is O=C(c1ccc(F)cc1)N1CCCC(c2nnc(C3CCCCC3)o2)C1. The Kier molecular flexibility index (Phi) is 5.00. The highest BCUT2D eigenvalue weighted by Gasteiger charge is 2.30. The number of likely N-dealkylation sites (tertiary alicyclic amines) is 1. The molecular formula is C20H24FN3O2. The normalized spacial score (nSPS) is 21.7. The van der Waals surface area contributed by atoms with Crippen molar-refractivity contribution in [3.63, 3.8) is 0 Å². The third-order valence-corrected chi connectivity index (χ3v) is 5.56. The standard InChI is InChI=1S/C20H24FN3O2/c21-17-10-8-15(9-11-17)20(25)24-12-4-7-16(13-24)19-23-22-18(26-19)14-5-2-1-3-6-14/h8-11,14,16H,1-7,12-13H2. The summed E-state index contributed by atoms with van der Waals surface area (Å²) in [5.74, 6) is 1.49. The fraction of sp³-hybridized carbons (Fsp3) is 0.550. The van der Waals surface area contributed by atoms with E-state index in [2.05, 4.69) is 10.2 Å². The predicted octanol–water partition coefficient (Wildman–Crippen LogP) is 4.28. The van der Waals surface area contributed by atoms with Crippen molar-refractivity contribution in [2.75, 3.05) is 13.1 Å². The molecule has 2 aromatic rings. The Labute approximate surface area is 152 Å². The van der Waals surface area contributed by atoms with Crippen LogP contribution in [-0.4, -0.2) is 34.1 Å². The summed E-state index contributed by atoms with van der Waals surface area (Å²) in [7, 11) is 0. The molecular weight excluding hydrogens is 333 g/mol. The molecule has 0 N–H and O–H groups in total. The zero-order valence-electron chi connectivity index (χ0n) is 14.9. The Bertz CT molecular complexity index is 753. The van der Waals surface area contributed by atoms with Gasteiger partial charge in [0.15, 0.2) is 0 Å². The van der Waals surface area contributed by atoms with Gasteiger partial charge in [0.05, 0.1) is 5.92 Å². The minimum Gasteiger partial charge on any atom is -0.425 e. The van der Waals surface area contributed by atoms with Crippen LogP contribution >= 0.6 is 0 Å². The molecule has 4 rings (SSSR count). The molecule has 1 saturated carbocycles. The van der Waals surface area contributed by atoms with Gasteiger partial charge in [-0.3, -0.25) is 4.79 Å². The summed E-state index contributed by atoms with van der Waals surface area (Å²) in [6.07, 6.45) is 7.85. The summed E-state index contributed by atoms with van der Waals surface area (Å²) in [4.78, 5) is 14.5. The minimum absolute atomic E-state index is 0.0679. The van der Waals surface area contributed by atoms with Crippen molar-refractivity contribution in [1.29, 1.82) is 0 Å². The molecule has 1 unspecified atom stereocenters. The zero-order valence-corrected chi connectivity index (χ0v) is 14.9. The third kappa shape index (κ3) is 3.64. The minimum atomic E-state index is -0.334. The Morgan fingerprint density at radius 1 is 0.962 bits per heavy atom. The number of hydrogen-bond donors (Lipinski definition) is 0. The van der Waals surface area contributed by atoms with Gasteiger partial charge in [-0.2, -0.15) is 0 Å². The maximum Gasteiger partial charge on any atom is 0.253 e. The van der Waals surface area contributed by atoms with Gasteiger partial charge in [0.2, 0.25) is 11.8 Å². The maximum atomic E-state index is 13.1. The molecule has 0 spiro atoms. The van der Waals surface area contributed by atoms with Crippen LogP contribution in [0.4, 0.5) is 4.39 Å². The highest BCUT2D eigenvalue weighted by Crippen LogP contribution is 2.34. The molecule has 5 nitrogen and oxygen atoms in total. The fourth-order valence-electron chi connectivity index (χ4n) is 4.06. The molecule has 2 heterocycles. The van der Waals surface area contributed by atoms with Crippen molar-refractivity contribution >= 4 is 5.91 Å². The van der Waals surface area contributed by atoms with Crippen LogP contribution < -0.4 is 0 Å². The number of carbonyl (C=O) groups excluding carboxylic acids is 1. The number of aromatic nitrogens is 2. The molecule has 1 aliphatic heterocycles. The highest BCUT2D eigenvalue weighted by molar-refractivity contribution is 5.94. The van der Waals surface area contributed by atoms with Crippen molar-refractivity contribution < 1.29 is 13.6 Å². The second-order valence-electron chi connectivity index (χ2n) is 7.41. The zero-order chi connectivity index (χ0) is 17.9. The number of rotatable bonds is 3. The molecule has 2 fully saturated rings. The summed E-state index contributed by atoms with van der Waals surface area (Å²) in [5, 5.41) is 8.58. The van der Waals surface area contributed by atoms with Gasteiger partial charge in [-0.15, -0.1) is 10.2 Å². The summed E-state index contributed by atoms with van der Waals surface area (Å²) in [6.45, 7) is 1.28. The molecule has 26 heavy (non-hydrogen) atoms. The van der Waals surface area contributed by atoms with Crippen molar-refractivity contribution in [1.82, 2.24) is 15.1 Å². The van der Waals surface area contributed by atoms with Crippen molar-refractivity contribution in [2.24, 2.45) is 0 Å². The summed E-state index contributed by atoms with van der Waals surface area (Å²) in [6, 6.07) is 5.72. The van der Waals surface area contributed by atoms with Crippen LogP contribution in [0.25, 0.3) is 0 Å². The van der Waals surface area contributed by atoms with E-state index >= 15 is 0 Å². The van der Waals surface area contributed by atoms with Gasteiger partial charge in [-0.1, -0.05) is 19.3 Å². The summed E-state index contributed by atoms with van der Waals surface area (Å²) >= 11 is 0. The molecule has 1 aromatic heterocycles. The van der Waals surface area contributed by atoms with Gasteiger partial charge >= 0.3 is 0 Å². The van der Waals surface area contributed by atoms with Gasteiger partial charge in [0.25, 0.3) is 5.91 Å². The molecule has 1 aliphatic carbocycles. The van der Waals surface area contributed by atoms with E-state index in [1.165, 1.54) is 43.5 Å². The van der Waals surface area contributed by atoms with E-state index in [-0.39, 0.29) is 17.6 Å². The van der Waals surface area contributed by atoms with E-state index in [1.54, 1.807) is 0 Å². The molecule has 0 radical (unpaired) electrons. The first-order chi connectivity index (χ1) is 12.7. The van der Waals surface area contributed by atoms with Crippen LogP contribution in [0, 0.1) is 5.82 Å². The van der Waals surface area contributed by atoms with Gasteiger partial charge in [-0.05, 0) is 49.9 Å². The number of halogens is 1. The Balaban J connectivity index is 1.44. The van der Waals surface area contributed by atoms with E-state index in [1.807, 2.05) is 4.90 Å². The molecule has 0 bridgehead atoms. The Morgan fingerprint density at radius 3 is 2.35 bits per heavy atom. The average molecular weight is 357 g/mol. The van der Waals surface area contributed by atoms with Crippen LogP contribution in [-0.2, 0) is 0 Å². The van der Waals surface area contributed by atoms with Gasteiger partial charge < -0.3 is 9.32 Å². The number of nitrogens with zero attached hydrogens (tertiary/aromatic N) is 3. The lowest BCUT2D eigenvalue weighted by atomic mass is 9.89. The largest absolute Gasteiger partial charge is 0.425 e. The number of piperidine rings is 1. The first-order valence-corrected chi connectivity index (χ1v) is 9.59. The van der Waals surface area contributed by atoms with Gasteiger partial charge in [0.1, 0.15) is 5.82 Å². The first-order valence-electron chi connectivity index (χ1n) is 9.59. The lowest BCUT2D eigenvalue weighted by Gasteiger charge is -2.31. The molecule has 6 heteroatoms. The Hall–Kier alpha value is -2.24. The second kappa shape index (κ2) is 7.56. The van der Waals surface area contributed by atoms with Crippen LogP contribution in [0.2, 0.25) is 0 Å². The van der Waals surface area contributed by atoms with E-state index in [4.69, 9.17) is 4.42 Å². The quantitative estimate of drug-likeness (QED) is 0.823.